The van der Waals surface area contributed by atoms with Crippen LogP contribution in [0.4, 0.5) is 5.69 Å². The van der Waals surface area contributed by atoms with Crippen LogP contribution < -0.4 is 16.0 Å². The summed E-state index contributed by atoms with van der Waals surface area (Å²) >= 11 is 0. The van der Waals surface area contributed by atoms with E-state index in [0.717, 1.165) is 63.0 Å². The lowest BCUT2D eigenvalue weighted by Crippen LogP contribution is -2.44. The van der Waals surface area contributed by atoms with Crippen molar-refractivity contribution in [2.45, 2.75) is 26.8 Å². The third-order valence-electron chi connectivity index (χ3n) is 4.76. The number of guanidine groups is 1. The maximum atomic E-state index is 12.0. The normalized spacial score (nSPS) is 16.0. The average Bonchev–Trinajstić information content (AvgIpc) is 2.71. The lowest BCUT2D eigenvalue weighted by Gasteiger charge is -2.26. The highest BCUT2D eigenvalue weighted by atomic mass is 127. The zero-order valence-corrected chi connectivity index (χ0v) is 19.5. The Kier molecular flexibility index (Phi) is 12.1. The summed E-state index contributed by atoms with van der Waals surface area (Å²) in [6.45, 7) is 10.0. The molecule has 0 bridgehead atoms. The second kappa shape index (κ2) is 13.7. The third-order valence-corrected chi connectivity index (χ3v) is 4.76. The molecule has 1 aliphatic rings. The molecule has 0 aliphatic carbocycles. The van der Waals surface area contributed by atoms with Crippen LogP contribution in [0.15, 0.2) is 29.3 Å². The fraction of sp³-hybridized carbons (Fsp3) is 0.600. The molecule has 1 amide bonds. The summed E-state index contributed by atoms with van der Waals surface area (Å²) in [6.07, 6.45) is 0.833. The van der Waals surface area contributed by atoms with Crippen molar-refractivity contribution >= 4 is 41.5 Å². The number of ether oxygens (including phenoxy) is 1. The van der Waals surface area contributed by atoms with E-state index < -0.39 is 0 Å². The monoisotopic (exact) mass is 503 g/mol. The number of halogens is 1. The summed E-state index contributed by atoms with van der Waals surface area (Å²) in [4.78, 5) is 18.7. The number of anilines is 1. The molecule has 28 heavy (non-hydrogen) atoms. The van der Waals surface area contributed by atoms with Crippen molar-refractivity contribution in [2.24, 2.45) is 10.9 Å². The first kappa shape index (κ1) is 24.6. The van der Waals surface area contributed by atoms with Gasteiger partial charge in [0.25, 0.3) is 0 Å². The van der Waals surface area contributed by atoms with Gasteiger partial charge in [-0.3, -0.25) is 14.7 Å². The number of benzene rings is 1. The lowest BCUT2D eigenvalue weighted by atomic mass is 10.1. The predicted octanol–water partition coefficient (Wildman–Crippen LogP) is 2.29. The number of hydrogen-bond acceptors (Lipinski definition) is 4. The minimum absolute atomic E-state index is 0. The Morgan fingerprint density at radius 3 is 2.71 bits per heavy atom. The molecule has 7 nitrogen and oxygen atoms in total. The quantitative estimate of drug-likeness (QED) is 0.288. The van der Waals surface area contributed by atoms with E-state index in [1.165, 1.54) is 0 Å². The highest BCUT2D eigenvalue weighted by molar-refractivity contribution is 14.0. The number of hydrogen-bond donors (Lipinski definition) is 3. The predicted molar refractivity (Wildman–Crippen MR) is 125 cm³/mol. The van der Waals surface area contributed by atoms with Gasteiger partial charge in [0.05, 0.1) is 13.2 Å². The van der Waals surface area contributed by atoms with Crippen LogP contribution >= 0.6 is 24.0 Å². The molecule has 2 rings (SSSR count). The molecule has 1 unspecified atom stereocenters. The van der Waals surface area contributed by atoms with Gasteiger partial charge in [0.15, 0.2) is 5.96 Å². The van der Waals surface area contributed by atoms with Crippen molar-refractivity contribution in [1.29, 1.82) is 0 Å². The summed E-state index contributed by atoms with van der Waals surface area (Å²) in [6, 6.07) is 7.90. The Bertz CT molecular complexity index is 620. The first-order valence-electron chi connectivity index (χ1n) is 9.76. The van der Waals surface area contributed by atoms with Crippen LogP contribution in [0.1, 0.15) is 25.8 Å². The van der Waals surface area contributed by atoms with E-state index in [1.54, 1.807) is 7.05 Å². The summed E-state index contributed by atoms with van der Waals surface area (Å²) < 4.78 is 5.36. The Balaban J connectivity index is 0.00000392. The molecular weight excluding hydrogens is 469 g/mol. The topological polar surface area (TPSA) is 78.0 Å². The fourth-order valence-electron chi connectivity index (χ4n) is 2.77. The van der Waals surface area contributed by atoms with Crippen LogP contribution in [0, 0.1) is 5.92 Å². The van der Waals surface area contributed by atoms with Gasteiger partial charge < -0.3 is 20.7 Å². The van der Waals surface area contributed by atoms with E-state index >= 15 is 0 Å². The molecule has 0 aromatic heterocycles. The molecule has 1 fully saturated rings. The van der Waals surface area contributed by atoms with Crippen LogP contribution in [0.2, 0.25) is 0 Å². The van der Waals surface area contributed by atoms with E-state index in [2.05, 4.69) is 25.8 Å². The van der Waals surface area contributed by atoms with Crippen LogP contribution in [-0.4, -0.2) is 63.2 Å². The second-order valence-corrected chi connectivity index (χ2v) is 6.81. The van der Waals surface area contributed by atoms with Crippen LogP contribution in [0.3, 0.4) is 0 Å². The minimum atomic E-state index is 0. The van der Waals surface area contributed by atoms with E-state index in [-0.39, 0.29) is 35.8 Å². The molecule has 0 radical (unpaired) electrons. The van der Waals surface area contributed by atoms with Crippen molar-refractivity contribution in [3.05, 3.63) is 29.8 Å². The van der Waals surface area contributed by atoms with E-state index in [9.17, 15) is 4.79 Å². The Labute approximate surface area is 185 Å². The summed E-state index contributed by atoms with van der Waals surface area (Å²) in [5, 5.41) is 9.64. The van der Waals surface area contributed by atoms with Gasteiger partial charge in [0.1, 0.15) is 0 Å². The van der Waals surface area contributed by atoms with Crippen LogP contribution in [0.25, 0.3) is 0 Å². The van der Waals surface area contributed by atoms with E-state index in [1.807, 2.05) is 38.1 Å². The van der Waals surface area contributed by atoms with Crippen molar-refractivity contribution in [2.75, 3.05) is 51.8 Å². The number of carbonyl (C=O) groups excluding carboxylic acids is 1. The minimum Gasteiger partial charge on any atom is -0.379 e. The molecule has 1 heterocycles. The standard InChI is InChI=1S/C20H33N5O2.HI/c1-4-16(2)19(26)24-18-7-5-6-17(14-18)15-23-20(21-3)22-8-9-25-10-12-27-13-11-25;/h5-7,14,16H,4,8-13,15H2,1-3H3,(H,24,26)(H2,21,22,23);1H. The Morgan fingerprint density at radius 2 is 2.04 bits per heavy atom. The van der Waals surface area contributed by atoms with Gasteiger partial charge in [-0.15, -0.1) is 24.0 Å². The molecule has 1 aliphatic heterocycles. The number of morpholine rings is 1. The highest BCUT2D eigenvalue weighted by Gasteiger charge is 2.11. The molecule has 158 valence electrons. The molecule has 1 atom stereocenters. The molecule has 3 N–H and O–H groups in total. The Morgan fingerprint density at radius 1 is 1.29 bits per heavy atom. The number of nitrogens with zero attached hydrogens (tertiary/aromatic N) is 2. The van der Waals surface area contributed by atoms with Gasteiger partial charge in [0.2, 0.25) is 5.91 Å². The summed E-state index contributed by atoms with van der Waals surface area (Å²) in [5.74, 6) is 0.849. The number of rotatable bonds is 8. The maximum absolute atomic E-state index is 12.0. The molecule has 0 spiro atoms. The Hall–Kier alpha value is -1.39. The van der Waals surface area contributed by atoms with E-state index in [4.69, 9.17) is 4.74 Å². The van der Waals surface area contributed by atoms with Crippen molar-refractivity contribution < 1.29 is 9.53 Å². The van der Waals surface area contributed by atoms with Gasteiger partial charge >= 0.3 is 0 Å². The zero-order valence-electron chi connectivity index (χ0n) is 17.2. The van der Waals surface area contributed by atoms with Crippen LogP contribution in [-0.2, 0) is 16.1 Å². The zero-order chi connectivity index (χ0) is 19.5. The number of aliphatic imine (C=N–C) groups is 1. The van der Waals surface area contributed by atoms with E-state index in [0.29, 0.717) is 6.54 Å². The first-order chi connectivity index (χ1) is 13.1. The maximum Gasteiger partial charge on any atom is 0.227 e. The lowest BCUT2D eigenvalue weighted by molar-refractivity contribution is -0.119. The second-order valence-electron chi connectivity index (χ2n) is 6.81. The number of amides is 1. The third kappa shape index (κ3) is 8.74. The molecule has 1 aromatic carbocycles. The molecule has 8 heteroatoms. The molecule has 1 saturated heterocycles. The number of nitrogens with one attached hydrogen (secondary N) is 3. The molecule has 1 aromatic rings. The fourth-order valence-corrected chi connectivity index (χ4v) is 2.77. The van der Waals surface area contributed by atoms with Gasteiger partial charge in [0, 0.05) is 51.4 Å². The first-order valence-corrected chi connectivity index (χ1v) is 9.76. The molecule has 0 saturated carbocycles. The molecular formula is C20H34IN5O2. The highest BCUT2D eigenvalue weighted by Crippen LogP contribution is 2.13. The van der Waals surface area contributed by atoms with Crippen LogP contribution in [0.5, 0.6) is 0 Å². The van der Waals surface area contributed by atoms with Crippen molar-refractivity contribution in [1.82, 2.24) is 15.5 Å². The number of carbonyl (C=O) groups is 1. The smallest absolute Gasteiger partial charge is 0.227 e. The van der Waals surface area contributed by atoms with Crippen molar-refractivity contribution in [3.8, 4) is 0 Å². The van der Waals surface area contributed by atoms with Gasteiger partial charge in [-0.25, -0.2) is 0 Å². The SMILES string of the molecule is CCC(C)C(=O)Nc1cccc(CNC(=NC)NCCN2CCOCC2)c1.I. The van der Waals surface area contributed by atoms with Crippen molar-refractivity contribution in [3.63, 3.8) is 0 Å². The summed E-state index contributed by atoms with van der Waals surface area (Å²) in [7, 11) is 1.77. The largest absolute Gasteiger partial charge is 0.379 e. The summed E-state index contributed by atoms with van der Waals surface area (Å²) in [5.41, 5.74) is 1.92. The van der Waals surface area contributed by atoms with Gasteiger partial charge in [-0.2, -0.15) is 0 Å². The average molecular weight is 503 g/mol. The van der Waals surface area contributed by atoms with Gasteiger partial charge in [-0.05, 0) is 24.1 Å². The van der Waals surface area contributed by atoms with Gasteiger partial charge in [-0.1, -0.05) is 26.0 Å².